The molecule has 1 N–H and O–H groups in total. The molecule has 0 atom stereocenters. The van der Waals surface area contributed by atoms with Crippen LogP contribution in [0.4, 0.5) is 0 Å². The van der Waals surface area contributed by atoms with Crippen LogP contribution < -0.4 is 0 Å². The van der Waals surface area contributed by atoms with Gasteiger partial charge in [0.15, 0.2) is 5.82 Å². The van der Waals surface area contributed by atoms with Crippen molar-refractivity contribution in [2.24, 2.45) is 0 Å². The number of rotatable bonds is 2. The summed E-state index contributed by atoms with van der Waals surface area (Å²) in [6, 6.07) is 3.77. The second kappa shape index (κ2) is 4.76. The van der Waals surface area contributed by atoms with Crippen LogP contribution in [0.1, 0.15) is 13.3 Å². The van der Waals surface area contributed by atoms with Crippen LogP contribution in [-0.4, -0.2) is 20.2 Å². The lowest BCUT2D eigenvalue weighted by atomic mass is 10.3. The van der Waals surface area contributed by atoms with Crippen molar-refractivity contribution >= 4 is 12.6 Å². The highest BCUT2D eigenvalue weighted by Crippen LogP contribution is 2.12. The zero-order chi connectivity index (χ0) is 9.10. The molecule has 0 aliphatic heterocycles. The Labute approximate surface area is 88.2 Å². The van der Waals surface area contributed by atoms with Crippen LogP contribution in [0.25, 0.3) is 11.4 Å². The van der Waals surface area contributed by atoms with Gasteiger partial charge in [-0.15, -0.1) is 0 Å². The summed E-state index contributed by atoms with van der Waals surface area (Å²) in [6.45, 7) is 0. The Morgan fingerprint density at radius 2 is 2.29 bits per heavy atom. The molecule has 0 saturated carbocycles. The predicted octanol–water partition coefficient (Wildman–Crippen LogP) is 1.93. The highest BCUT2D eigenvalue weighted by molar-refractivity contribution is 7.79. The van der Waals surface area contributed by atoms with Crippen LogP contribution in [0.3, 0.4) is 0 Å². The normalized spacial score (nSPS) is 9.50. The molecular formula is C9H12N4S. The van der Waals surface area contributed by atoms with E-state index in [1.165, 1.54) is 0 Å². The number of pyridine rings is 1. The summed E-state index contributed by atoms with van der Waals surface area (Å²) in [6.07, 6.45) is 3.45. The van der Waals surface area contributed by atoms with Gasteiger partial charge in [0.25, 0.3) is 0 Å². The molecule has 0 fully saturated rings. The van der Waals surface area contributed by atoms with Gasteiger partial charge in [-0.2, -0.15) is 17.7 Å². The van der Waals surface area contributed by atoms with Crippen LogP contribution in [-0.2, 0) is 5.75 Å². The number of nitrogens with one attached hydrogen (secondary N) is 1. The molecule has 2 heterocycles. The summed E-state index contributed by atoms with van der Waals surface area (Å²) < 4.78 is 0. The van der Waals surface area contributed by atoms with E-state index in [0.29, 0.717) is 11.6 Å². The fourth-order valence-corrected chi connectivity index (χ4v) is 1.13. The van der Waals surface area contributed by atoms with E-state index in [-0.39, 0.29) is 7.43 Å². The monoisotopic (exact) mass is 208 g/mol. The first-order valence-electron chi connectivity index (χ1n) is 3.82. The third kappa shape index (κ3) is 2.11. The molecule has 74 valence electrons. The molecule has 14 heavy (non-hydrogen) atoms. The standard InChI is InChI=1S/C8H8N4S.CH4/c13-5-7-10-8(12-11-7)6-2-1-3-9-4-6;/h1-4,13H,5H2,(H,10,11,12);1H4. The average Bonchev–Trinajstić information content (AvgIpc) is 2.67. The minimum Gasteiger partial charge on any atom is -0.264 e. The van der Waals surface area contributed by atoms with Gasteiger partial charge in [-0.3, -0.25) is 10.1 Å². The lowest BCUT2D eigenvalue weighted by molar-refractivity contribution is 1.03. The fourth-order valence-electron chi connectivity index (χ4n) is 0.990. The Morgan fingerprint density at radius 3 is 2.86 bits per heavy atom. The van der Waals surface area contributed by atoms with Crippen LogP contribution in [0, 0.1) is 0 Å². The summed E-state index contributed by atoms with van der Waals surface area (Å²) in [5.41, 5.74) is 0.909. The van der Waals surface area contributed by atoms with Gasteiger partial charge in [0.1, 0.15) is 5.82 Å². The van der Waals surface area contributed by atoms with Gasteiger partial charge in [-0.25, -0.2) is 4.98 Å². The predicted molar refractivity (Wildman–Crippen MR) is 59.0 cm³/mol. The van der Waals surface area contributed by atoms with Gasteiger partial charge in [-0.1, -0.05) is 7.43 Å². The van der Waals surface area contributed by atoms with E-state index in [1.54, 1.807) is 12.4 Å². The van der Waals surface area contributed by atoms with Gasteiger partial charge in [0, 0.05) is 18.0 Å². The number of aromatic nitrogens is 4. The van der Waals surface area contributed by atoms with Crippen molar-refractivity contribution in [2.45, 2.75) is 13.2 Å². The van der Waals surface area contributed by atoms with Gasteiger partial charge < -0.3 is 0 Å². The van der Waals surface area contributed by atoms with Gasteiger partial charge in [0.05, 0.1) is 5.75 Å². The maximum Gasteiger partial charge on any atom is 0.182 e. The molecule has 5 heteroatoms. The second-order valence-electron chi connectivity index (χ2n) is 2.51. The summed E-state index contributed by atoms with van der Waals surface area (Å²) in [7, 11) is 0. The first-order valence-corrected chi connectivity index (χ1v) is 4.46. The van der Waals surface area contributed by atoms with Crippen molar-refractivity contribution in [3.05, 3.63) is 30.4 Å². The fraction of sp³-hybridized carbons (Fsp3) is 0.222. The molecule has 4 nitrogen and oxygen atoms in total. The molecule has 0 amide bonds. The van der Waals surface area contributed by atoms with E-state index < -0.39 is 0 Å². The van der Waals surface area contributed by atoms with Crippen molar-refractivity contribution in [2.75, 3.05) is 0 Å². The third-order valence-electron chi connectivity index (χ3n) is 1.60. The van der Waals surface area contributed by atoms with E-state index in [1.807, 2.05) is 12.1 Å². The van der Waals surface area contributed by atoms with Crippen LogP contribution in [0.5, 0.6) is 0 Å². The number of H-pyrrole nitrogens is 1. The van der Waals surface area contributed by atoms with Crippen LogP contribution >= 0.6 is 12.6 Å². The van der Waals surface area contributed by atoms with E-state index in [2.05, 4.69) is 32.8 Å². The van der Waals surface area contributed by atoms with E-state index in [9.17, 15) is 0 Å². The van der Waals surface area contributed by atoms with Gasteiger partial charge >= 0.3 is 0 Å². The quantitative estimate of drug-likeness (QED) is 0.741. The first-order chi connectivity index (χ1) is 6.40. The van der Waals surface area contributed by atoms with Crippen molar-refractivity contribution in [3.63, 3.8) is 0 Å². The largest absolute Gasteiger partial charge is 0.264 e. The lowest BCUT2D eigenvalue weighted by Gasteiger charge is -1.90. The number of thiol groups is 1. The minimum atomic E-state index is 0. The zero-order valence-corrected chi connectivity index (χ0v) is 7.70. The highest BCUT2D eigenvalue weighted by atomic mass is 32.1. The molecule has 0 aromatic carbocycles. The van der Waals surface area contributed by atoms with Crippen molar-refractivity contribution in [1.29, 1.82) is 0 Å². The van der Waals surface area contributed by atoms with Crippen LogP contribution in [0.15, 0.2) is 24.5 Å². The molecule has 0 saturated heterocycles. The number of hydrogen-bond acceptors (Lipinski definition) is 4. The minimum absolute atomic E-state index is 0. The van der Waals surface area contributed by atoms with Crippen molar-refractivity contribution < 1.29 is 0 Å². The van der Waals surface area contributed by atoms with E-state index in [4.69, 9.17) is 0 Å². The van der Waals surface area contributed by atoms with Crippen molar-refractivity contribution in [1.82, 2.24) is 20.2 Å². The Bertz CT molecular complexity index is 385. The smallest absolute Gasteiger partial charge is 0.182 e. The topological polar surface area (TPSA) is 54.5 Å². The van der Waals surface area contributed by atoms with E-state index in [0.717, 1.165) is 11.4 Å². The third-order valence-corrected chi connectivity index (χ3v) is 1.90. The molecule has 0 bridgehead atoms. The molecule has 0 aliphatic carbocycles. The number of hydrogen-bond donors (Lipinski definition) is 2. The summed E-state index contributed by atoms with van der Waals surface area (Å²) >= 11 is 4.09. The van der Waals surface area contributed by atoms with Gasteiger partial charge in [-0.05, 0) is 12.1 Å². The summed E-state index contributed by atoms with van der Waals surface area (Å²) in [5, 5.41) is 6.82. The Hall–Kier alpha value is -1.36. The number of nitrogens with zero attached hydrogens (tertiary/aromatic N) is 3. The Morgan fingerprint density at radius 1 is 1.43 bits per heavy atom. The molecule has 2 aromatic heterocycles. The lowest BCUT2D eigenvalue weighted by Crippen LogP contribution is -1.81. The van der Waals surface area contributed by atoms with Crippen molar-refractivity contribution in [3.8, 4) is 11.4 Å². The SMILES string of the molecule is C.SCc1nc(-c2cccnc2)n[nH]1. The molecule has 0 unspecified atom stereocenters. The maximum atomic E-state index is 4.22. The first kappa shape index (κ1) is 10.7. The van der Waals surface area contributed by atoms with E-state index >= 15 is 0 Å². The Balaban J connectivity index is 0.000000980. The second-order valence-corrected chi connectivity index (χ2v) is 2.82. The number of aromatic amines is 1. The molecule has 0 radical (unpaired) electrons. The van der Waals surface area contributed by atoms with Gasteiger partial charge in [0.2, 0.25) is 0 Å². The molecule has 2 aromatic rings. The maximum absolute atomic E-state index is 4.22. The highest BCUT2D eigenvalue weighted by Gasteiger charge is 2.03. The zero-order valence-electron chi connectivity index (χ0n) is 6.81. The molecule has 2 rings (SSSR count). The van der Waals surface area contributed by atoms with Crippen LogP contribution in [0.2, 0.25) is 0 Å². The average molecular weight is 208 g/mol. The molecule has 0 aliphatic rings. The Kier molecular flexibility index (Phi) is 3.64. The molecule has 0 spiro atoms. The summed E-state index contributed by atoms with van der Waals surface area (Å²) in [4.78, 5) is 8.20. The summed E-state index contributed by atoms with van der Waals surface area (Å²) in [5.74, 6) is 1.99. The molecular weight excluding hydrogens is 196 g/mol.